The van der Waals surface area contributed by atoms with Gasteiger partial charge in [0.25, 0.3) is 0 Å². The summed E-state index contributed by atoms with van der Waals surface area (Å²) in [6, 6.07) is 10.4. The molecule has 2 aliphatic heterocycles. The smallest absolute Gasteiger partial charge is 0.410 e. The van der Waals surface area contributed by atoms with E-state index in [1.807, 2.05) is 46.8 Å². The number of aryl methyl sites for hydroxylation is 1. The summed E-state index contributed by atoms with van der Waals surface area (Å²) >= 11 is 0. The number of hydrogen-bond acceptors (Lipinski definition) is 5. The van der Waals surface area contributed by atoms with Crippen molar-refractivity contribution in [1.29, 1.82) is 0 Å². The molecule has 1 aromatic heterocycles. The fourth-order valence-corrected chi connectivity index (χ4v) is 4.41. The maximum atomic E-state index is 12.3. The van der Waals surface area contributed by atoms with Crippen molar-refractivity contribution in [2.45, 2.75) is 44.2 Å². The lowest BCUT2D eigenvalue weighted by atomic mass is 9.93. The molecular weight excluding hydrogens is 354 g/mol. The Balaban J connectivity index is 1.20. The average Bonchev–Trinajstić information content (AvgIpc) is 3.19. The number of piperidine rings is 2. The minimum absolute atomic E-state index is 0.191. The summed E-state index contributed by atoms with van der Waals surface area (Å²) in [4.78, 5) is 16.8. The molecule has 0 spiro atoms. The molecular formula is C21H29N5O2. The molecule has 0 atom stereocenters. The summed E-state index contributed by atoms with van der Waals surface area (Å²) in [6.45, 7) is 4.10. The highest BCUT2D eigenvalue weighted by molar-refractivity contribution is 5.67. The van der Waals surface area contributed by atoms with Gasteiger partial charge in [0.1, 0.15) is 18.8 Å². The summed E-state index contributed by atoms with van der Waals surface area (Å²) in [5, 5.41) is 8.30. The second kappa shape index (κ2) is 8.73. The summed E-state index contributed by atoms with van der Waals surface area (Å²) in [5.74, 6) is 1.62. The molecule has 0 saturated carbocycles. The zero-order valence-corrected chi connectivity index (χ0v) is 16.5. The van der Waals surface area contributed by atoms with E-state index >= 15 is 0 Å². The van der Waals surface area contributed by atoms with E-state index in [1.54, 1.807) is 6.33 Å². The molecule has 1 aromatic carbocycles. The Morgan fingerprint density at radius 1 is 1.07 bits per heavy atom. The number of ether oxygens (including phenoxy) is 1. The van der Waals surface area contributed by atoms with E-state index in [-0.39, 0.29) is 6.09 Å². The van der Waals surface area contributed by atoms with Crippen molar-refractivity contribution in [2.75, 3.05) is 26.2 Å². The summed E-state index contributed by atoms with van der Waals surface area (Å²) in [6.07, 6.45) is 5.90. The number of rotatable bonds is 4. The van der Waals surface area contributed by atoms with Gasteiger partial charge in [-0.25, -0.2) is 4.79 Å². The van der Waals surface area contributed by atoms with Crippen molar-refractivity contribution in [1.82, 2.24) is 24.6 Å². The lowest BCUT2D eigenvalue weighted by Crippen LogP contribution is -2.49. The Morgan fingerprint density at radius 2 is 1.79 bits per heavy atom. The molecule has 0 unspecified atom stereocenters. The van der Waals surface area contributed by atoms with Crippen LogP contribution in [0.2, 0.25) is 0 Å². The van der Waals surface area contributed by atoms with Gasteiger partial charge in [-0.2, -0.15) is 0 Å². The van der Waals surface area contributed by atoms with Crippen LogP contribution in [0.15, 0.2) is 36.7 Å². The minimum atomic E-state index is -0.191. The number of carbonyl (C=O) groups is 1. The lowest BCUT2D eigenvalue weighted by molar-refractivity contribution is 0.0603. The van der Waals surface area contributed by atoms with Crippen LogP contribution in [0.5, 0.6) is 0 Å². The highest BCUT2D eigenvalue weighted by atomic mass is 16.6. The van der Waals surface area contributed by atoms with Gasteiger partial charge in [0.2, 0.25) is 0 Å². The number of amides is 1. The highest BCUT2D eigenvalue weighted by Crippen LogP contribution is 2.29. The van der Waals surface area contributed by atoms with Crippen molar-refractivity contribution in [3.05, 3.63) is 48.0 Å². The molecule has 0 aliphatic carbocycles. The molecule has 2 saturated heterocycles. The first-order valence-corrected chi connectivity index (χ1v) is 10.2. The third-order valence-corrected chi connectivity index (χ3v) is 6.09. The van der Waals surface area contributed by atoms with Crippen molar-refractivity contribution >= 4 is 6.09 Å². The monoisotopic (exact) mass is 383 g/mol. The van der Waals surface area contributed by atoms with Gasteiger partial charge in [0.05, 0.1) is 0 Å². The van der Waals surface area contributed by atoms with Crippen LogP contribution in [-0.2, 0) is 18.4 Å². The SMILES string of the molecule is Cn1cnnc1C1CCN(C2CCN(C(=O)OCc3ccccc3)CC2)CC1. The van der Waals surface area contributed by atoms with Crippen molar-refractivity contribution < 1.29 is 9.53 Å². The maximum Gasteiger partial charge on any atom is 0.410 e. The summed E-state index contributed by atoms with van der Waals surface area (Å²) in [5.41, 5.74) is 1.02. The maximum absolute atomic E-state index is 12.3. The first-order valence-electron chi connectivity index (χ1n) is 10.2. The van der Waals surface area contributed by atoms with Crippen molar-refractivity contribution in [2.24, 2.45) is 7.05 Å². The number of nitrogens with zero attached hydrogens (tertiary/aromatic N) is 5. The fraction of sp³-hybridized carbons (Fsp3) is 0.571. The number of hydrogen-bond donors (Lipinski definition) is 0. The fourth-order valence-electron chi connectivity index (χ4n) is 4.41. The zero-order chi connectivity index (χ0) is 19.3. The van der Waals surface area contributed by atoms with E-state index in [1.165, 1.54) is 0 Å². The van der Waals surface area contributed by atoms with Gasteiger partial charge in [-0.1, -0.05) is 30.3 Å². The van der Waals surface area contributed by atoms with Crippen molar-refractivity contribution in [3.63, 3.8) is 0 Å². The predicted molar refractivity (Wildman–Crippen MR) is 106 cm³/mol. The largest absolute Gasteiger partial charge is 0.445 e. The molecule has 1 amide bonds. The Bertz CT molecular complexity index is 762. The molecule has 0 bridgehead atoms. The van der Waals surface area contributed by atoms with Crippen LogP contribution in [0.4, 0.5) is 4.79 Å². The molecule has 4 rings (SSSR count). The van der Waals surface area contributed by atoms with Gasteiger partial charge in [0.15, 0.2) is 0 Å². The number of aromatic nitrogens is 3. The molecule has 28 heavy (non-hydrogen) atoms. The number of carbonyl (C=O) groups excluding carboxylic acids is 1. The number of benzene rings is 1. The predicted octanol–water partition coefficient (Wildman–Crippen LogP) is 2.80. The molecule has 2 fully saturated rings. The molecule has 7 heteroatoms. The molecule has 2 aromatic rings. The van der Waals surface area contributed by atoms with Gasteiger partial charge in [-0.05, 0) is 44.3 Å². The quantitative estimate of drug-likeness (QED) is 0.812. The highest BCUT2D eigenvalue weighted by Gasteiger charge is 2.31. The third-order valence-electron chi connectivity index (χ3n) is 6.09. The van der Waals surface area contributed by atoms with E-state index in [0.29, 0.717) is 18.6 Å². The molecule has 0 N–H and O–H groups in total. The van der Waals surface area contributed by atoms with Crippen LogP contribution in [0.25, 0.3) is 0 Å². The Kier molecular flexibility index (Phi) is 5.90. The Labute approximate surface area is 166 Å². The van der Waals surface area contributed by atoms with Crippen LogP contribution < -0.4 is 0 Å². The van der Waals surface area contributed by atoms with E-state index in [2.05, 4.69) is 15.1 Å². The second-order valence-corrected chi connectivity index (χ2v) is 7.87. The minimum Gasteiger partial charge on any atom is -0.445 e. The van der Waals surface area contributed by atoms with E-state index in [4.69, 9.17) is 4.74 Å². The van der Waals surface area contributed by atoms with E-state index < -0.39 is 0 Å². The van der Waals surface area contributed by atoms with Crippen LogP contribution in [0.1, 0.15) is 43.0 Å². The topological polar surface area (TPSA) is 63.5 Å². The van der Waals surface area contributed by atoms with Gasteiger partial charge in [-0.3, -0.25) is 0 Å². The molecule has 2 aliphatic rings. The van der Waals surface area contributed by atoms with Gasteiger partial charge >= 0.3 is 6.09 Å². The molecule has 0 radical (unpaired) electrons. The standard InChI is InChI=1S/C21H29N5O2/c1-24-16-22-23-20(24)18-7-11-25(12-8-18)19-9-13-26(14-10-19)21(27)28-15-17-5-3-2-4-6-17/h2-6,16,18-19H,7-15H2,1H3. The van der Waals surface area contributed by atoms with Crippen LogP contribution in [0, 0.1) is 0 Å². The summed E-state index contributed by atoms with van der Waals surface area (Å²) in [7, 11) is 2.02. The lowest BCUT2D eigenvalue weighted by Gasteiger charge is -2.41. The van der Waals surface area contributed by atoms with Crippen LogP contribution >= 0.6 is 0 Å². The first kappa shape index (κ1) is 18.9. The normalized spacial score (nSPS) is 19.7. The van der Waals surface area contributed by atoms with E-state index in [9.17, 15) is 4.79 Å². The molecule has 150 valence electrons. The van der Waals surface area contributed by atoms with Gasteiger partial charge in [0, 0.05) is 32.1 Å². The third kappa shape index (κ3) is 4.35. The first-order chi connectivity index (χ1) is 13.7. The van der Waals surface area contributed by atoms with Crippen molar-refractivity contribution in [3.8, 4) is 0 Å². The molecule has 3 heterocycles. The Hall–Kier alpha value is -2.41. The second-order valence-electron chi connectivity index (χ2n) is 7.87. The van der Waals surface area contributed by atoms with E-state index in [0.717, 1.165) is 63.3 Å². The number of likely N-dealkylation sites (tertiary alicyclic amines) is 2. The van der Waals surface area contributed by atoms with Crippen LogP contribution in [-0.4, -0.2) is 62.9 Å². The molecule has 7 nitrogen and oxygen atoms in total. The average molecular weight is 383 g/mol. The Morgan fingerprint density at radius 3 is 2.43 bits per heavy atom. The van der Waals surface area contributed by atoms with Crippen LogP contribution in [0.3, 0.4) is 0 Å². The zero-order valence-electron chi connectivity index (χ0n) is 16.5. The van der Waals surface area contributed by atoms with Gasteiger partial charge < -0.3 is 19.1 Å². The summed E-state index contributed by atoms with van der Waals surface area (Å²) < 4.78 is 7.51. The van der Waals surface area contributed by atoms with Gasteiger partial charge in [-0.15, -0.1) is 10.2 Å².